The SMILES string of the molecule is Brc1ccc(-c2cc3[nH]c4ccccc4c3cc2-c2ccc3c(c2)c2ccccc2n3-c2ccccc2)cc1. The lowest BCUT2D eigenvalue weighted by atomic mass is 9.92. The molecular weight excluding hydrogens is 540 g/mol. The molecule has 39 heavy (non-hydrogen) atoms. The number of nitrogens with one attached hydrogen (secondary N) is 1. The molecule has 8 rings (SSSR count). The molecular formula is C36H23BrN2. The largest absolute Gasteiger partial charge is 0.354 e. The Kier molecular flexibility index (Phi) is 5.01. The third-order valence-corrected chi connectivity index (χ3v) is 8.33. The molecule has 0 aliphatic rings. The molecule has 0 radical (unpaired) electrons. The van der Waals surface area contributed by atoms with Gasteiger partial charge in [-0.05, 0) is 82.9 Å². The second-order valence-corrected chi connectivity index (χ2v) is 11.0. The lowest BCUT2D eigenvalue weighted by Gasteiger charge is -2.13. The lowest BCUT2D eigenvalue weighted by molar-refractivity contribution is 1.18. The van der Waals surface area contributed by atoms with Crippen LogP contribution < -0.4 is 0 Å². The fourth-order valence-corrected chi connectivity index (χ4v) is 6.27. The molecule has 0 bridgehead atoms. The lowest BCUT2D eigenvalue weighted by Crippen LogP contribution is -1.93. The van der Waals surface area contributed by atoms with Gasteiger partial charge in [-0.1, -0.05) is 88.7 Å². The van der Waals surface area contributed by atoms with Crippen LogP contribution in [0.4, 0.5) is 0 Å². The van der Waals surface area contributed by atoms with E-state index < -0.39 is 0 Å². The number of rotatable bonds is 3. The van der Waals surface area contributed by atoms with Crippen LogP contribution in [0, 0.1) is 0 Å². The van der Waals surface area contributed by atoms with Gasteiger partial charge < -0.3 is 9.55 Å². The minimum Gasteiger partial charge on any atom is -0.354 e. The number of para-hydroxylation sites is 3. The maximum absolute atomic E-state index is 3.64. The molecule has 0 fully saturated rings. The van der Waals surface area contributed by atoms with Gasteiger partial charge in [0.2, 0.25) is 0 Å². The number of H-pyrrole nitrogens is 1. The van der Waals surface area contributed by atoms with Gasteiger partial charge in [-0.3, -0.25) is 0 Å². The average Bonchev–Trinajstić information content (AvgIpc) is 3.52. The highest BCUT2D eigenvalue weighted by atomic mass is 79.9. The highest BCUT2D eigenvalue weighted by Crippen LogP contribution is 2.41. The molecule has 3 heteroatoms. The van der Waals surface area contributed by atoms with Crippen molar-refractivity contribution < 1.29 is 0 Å². The van der Waals surface area contributed by atoms with Crippen molar-refractivity contribution in [3.05, 3.63) is 138 Å². The quantitative estimate of drug-likeness (QED) is 0.221. The Bertz CT molecular complexity index is 2170. The molecule has 0 aliphatic carbocycles. The van der Waals surface area contributed by atoms with Crippen molar-refractivity contribution in [3.8, 4) is 27.9 Å². The molecule has 1 N–H and O–H groups in total. The van der Waals surface area contributed by atoms with Crippen LogP contribution in [0.1, 0.15) is 0 Å². The van der Waals surface area contributed by atoms with Crippen LogP contribution in [0.25, 0.3) is 71.6 Å². The van der Waals surface area contributed by atoms with Crippen LogP contribution in [-0.2, 0) is 0 Å². The Balaban J connectivity index is 1.44. The summed E-state index contributed by atoms with van der Waals surface area (Å²) in [6.07, 6.45) is 0. The number of aromatic nitrogens is 2. The highest BCUT2D eigenvalue weighted by molar-refractivity contribution is 9.10. The molecule has 2 nitrogen and oxygen atoms in total. The minimum atomic E-state index is 1.08. The summed E-state index contributed by atoms with van der Waals surface area (Å²) in [5.74, 6) is 0. The molecule has 0 aliphatic heterocycles. The van der Waals surface area contributed by atoms with E-state index in [1.807, 2.05) is 0 Å². The maximum Gasteiger partial charge on any atom is 0.0541 e. The second-order valence-electron chi connectivity index (χ2n) is 10.0. The molecule has 6 aromatic carbocycles. The standard InChI is InChI=1S/C36H23BrN2/c37-25-17-14-23(15-18-25)30-22-34-31(27-10-4-6-12-33(27)38-34)21-29(30)24-16-19-36-32(20-24)28-11-5-7-13-35(28)39(36)26-8-2-1-3-9-26/h1-22,38H. The normalized spacial score (nSPS) is 11.7. The van der Waals surface area contributed by atoms with Crippen LogP contribution in [0.15, 0.2) is 138 Å². The Morgan fingerprint density at radius 1 is 0.462 bits per heavy atom. The first-order chi connectivity index (χ1) is 19.2. The van der Waals surface area contributed by atoms with Gasteiger partial charge in [-0.2, -0.15) is 0 Å². The van der Waals surface area contributed by atoms with E-state index >= 15 is 0 Å². The topological polar surface area (TPSA) is 20.7 Å². The summed E-state index contributed by atoms with van der Waals surface area (Å²) in [5, 5.41) is 5.01. The predicted octanol–water partition coefficient (Wildman–Crippen LogP) is 10.5. The van der Waals surface area contributed by atoms with Gasteiger partial charge in [0.1, 0.15) is 0 Å². The van der Waals surface area contributed by atoms with Crippen molar-refractivity contribution in [2.45, 2.75) is 0 Å². The van der Waals surface area contributed by atoms with Crippen LogP contribution in [0.2, 0.25) is 0 Å². The van der Waals surface area contributed by atoms with Crippen LogP contribution in [0.3, 0.4) is 0 Å². The van der Waals surface area contributed by atoms with E-state index in [4.69, 9.17) is 0 Å². The summed E-state index contributed by atoms with van der Waals surface area (Å²) < 4.78 is 3.45. The molecule has 0 unspecified atom stereocenters. The molecule has 0 atom stereocenters. The number of halogens is 1. The van der Waals surface area contributed by atoms with Crippen molar-refractivity contribution in [1.82, 2.24) is 9.55 Å². The van der Waals surface area contributed by atoms with Crippen molar-refractivity contribution in [2.75, 3.05) is 0 Å². The van der Waals surface area contributed by atoms with Crippen molar-refractivity contribution in [1.29, 1.82) is 0 Å². The highest BCUT2D eigenvalue weighted by Gasteiger charge is 2.16. The van der Waals surface area contributed by atoms with Gasteiger partial charge in [0.15, 0.2) is 0 Å². The Hall–Kier alpha value is -4.60. The summed E-state index contributed by atoms with van der Waals surface area (Å²) in [6.45, 7) is 0. The first kappa shape index (κ1) is 22.4. The molecule has 0 saturated heterocycles. The summed E-state index contributed by atoms with van der Waals surface area (Å²) in [4.78, 5) is 3.64. The van der Waals surface area contributed by atoms with E-state index in [1.54, 1.807) is 0 Å². The van der Waals surface area contributed by atoms with Crippen LogP contribution in [0.5, 0.6) is 0 Å². The first-order valence-corrected chi connectivity index (χ1v) is 13.9. The third-order valence-electron chi connectivity index (χ3n) is 7.80. The number of hydrogen-bond acceptors (Lipinski definition) is 0. The summed E-state index contributed by atoms with van der Waals surface area (Å²) in [5.41, 5.74) is 10.8. The van der Waals surface area contributed by atoms with E-state index in [9.17, 15) is 0 Å². The van der Waals surface area contributed by atoms with Gasteiger partial charge >= 0.3 is 0 Å². The van der Waals surface area contributed by atoms with Crippen molar-refractivity contribution in [3.63, 3.8) is 0 Å². The zero-order valence-electron chi connectivity index (χ0n) is 21.0. The molecule has 2 heterocycles. The average molecular weight is 563 g/mol. The third kappa shape index (κ3) is 3.54. The van der Waals surface area contributed by atoms with Crippen LogP contribution in [-0.4, -0.2) is 9.55 Å². The van der Waals surface area contributed by atoms with Crippen molar-refractivity contribution >= 4 is 59.5 Å². The fraction of sp³-hybridized carbons (Fsp3) is 0. The Morgan fingerprint density at radius 3 is 1.97 bits per heavy atom. The number of aromatic amines is 1. The van der Waals surface area contributed by atoms with Gasteiger partial charge in [0.25, 0.3) is 0 Å². The van der Waals surface area contributed by atoms with Crippen molar-refractivity contribution in [2.24, 2.45) is 0 Å². The van der Waals surface area contributed by atoms with E-state index in [0.29, 0.717) is 0 Å². The number of hydrogen-bond donors (Lipinski definition) is 1. The second kappa shape index (κ2) is 8.72. The predicted molar refractivity (Wildman–Crippen MR) is 169 cm³/mol. The fourth-order valence-electron chi connectivity index (χ4n) is 6.00. The van der Waals surface area contributed by atoms with Gasteiger partial charge in [-0.25, -0.2) is 0 Å². The summed E-state index contributed by atoms with van der Waals surface area (Å²) >= 11 is 3.61. The minimum absolute atomic E-state index is 1.08. The molecule has 0 spiro atoms. The molecule has 184 valence electrons. The maximum atomic E-state index is 3.64. The Labute approximate surface area is 234 Å². The molecule has 8 aromatic rings. The zero-order valence-corrected chi connectivity index (χ0v) is 22.6. The van der Waals surface area contributed by atoms with E-state index in [1.165, 1.54) is 60.5 Å². The molecule has 0 saturated carbocycles. The van der Waals surface area contributed by atoms with Gasteiger partial charge in [-0.15, -0.1) is 0 Å². The molecule has 2 aromatic heterocycles. The van der Waals surface area contributed by atoms with E-state index in [-0.39, 0.29) is 0 Å². The number of nitrogens with zero attached hydrogens (tertiary/aromatic N) is 1. The van der Waals surface area contributed by atoms with Gasteiger partial charge in [0.05, 0.1) is 11.0 Å². The monoisotopic (exact) mass is 562 g/mol. The smallest absolute Gasteiger partial charge is 0.0541 e. The zero-order chi connectivity index (χ0) is 25.9. The van der Waals surface area contributed by atoms with E-state index in [2.05, 4.69) is 159 Å². The Morgan fingerprint density at radius 2 is 1.13 bits per heavy atom. The van der Waals surface area contributed by atoms with E-state index in [0.717, 1.165) is 15.5 Å². The van der Waals surface area contributed by atoms with Gasteiger partial charge in [0, 0.05) is 42.7 Å². The first-order valence-electron chi connectivity index (χ1n) is 13.1. The summed E-state index contributed by atoms with van der Waals surface area (Å²) in [6, 6.07) is 48.1. The number of benzene rings is 6. The molecule has 0 amide bonds. The number of fused-ring (bicyclic) bond motifs is 6. The van der Waals surface area contributed by atoms with Crippen LogP contribution >= 0.6 is 15.9 Å². The summed E-state index contributed by atoms with van der Waals surface area (Å²) in [7, 11) is 0.